The van der Waals surface area contributed by atoms with Gasteiger partial charge in [0.05, 0.1) is 18.0 Å². The van der Waals surface area contributed by atoms with Crippen LogP contribution in [-0.2, 0) is 16.6 Å². The number of hydrogen-bond donors (Lipinski definition) is 0. The Morgan fingerprint density at radius 1 is 1.48 bits per heavy atom. The van der Waals surface area contributed by atoms with E-state index >= 15 is 0 Å². The summed E-state index contributed by atoms with van der Waals surface area (Å²) in [4.78, 5) is 17.4. The summed E-state index contributed by atoms with van der Waals surface area (Å²) in [5, 5.41) is 2.49. The van der Waals surface area contributed by atoms with Crippen LogP contribution in [0.4, 0.5) is 0 Å². The lowest BCUT2D eigenvalue weighted by atomic mass is 10.00. The molecule has 1 aliphatic heterocycles. The van der Waals surface area contributed by atoms with E-state index in [-0.39, 0.29) is 11.5 Å². The number of sulfonamides is 1. The zero-order valence-electron chi connectivity index (χ0n) is 11.7. The number of fused-ring (bicyclic) bond motifs is 1. The molecule has 114 valence electrons. The molecule has 2 aromatic rings. The van der Waals surface area contributed by atoms with E-state index in [2.05, 4.69) is 4.98 Å². The van der Waals surface area contributed by atoms with E-state index < -0.39 is 10.0 Å². The Morgan fingerprint density at radius 2 is 2.29 bits per heavy atom. The van der Waals surface area contributed by atoms with Gasteiger partial charge in [0.15, 0.2) is 0 Å². The molecule has 8 heteroatoms. The Kier molecular flexibility index (Phi) is 3.85. The first-order valence-corrected chi connectivity index (χ1v) is 9.56. The summed E-state index contributed by atoms with van der Waals surface area (Å²) in [5.74, 6) is 0.157. The van der Waals surface area contributed by atoms with Crippen molar-refractivity contribution in [2.24, 2.45) is 5.92 Å². The third-order valence-electron chi connectivity index (χ3n) is 3.86. The maximum atomic E-state index is 12.3. The van der Waals surface area contributed by atoms with Gasteiger partial charge in [0, 0.05) is 19.6 Å². The Morgan fingerprint density at radius 3 is 3.05 bits per heavy atom. The van der Waals surface area contributed by atoms with Gasteiger partial charge < -0.3 is 0 Å². The van der Waals surface area contributed by atoms with Crippen molar-refractivity contribution >= 4 is 31.6 Å². The predicted molar refractivity (Wildman–Crippen MR) is 83.0 cm³/mol. The molecule has 0 radical (unpaired) electrons. The molecule has 1 fully saturated rings. The lowest BCUT2D eigenvalue weighted by molar-refractivity contribution is 0.244. The Labute approximate surface area is 127 Å². The van der Waals surface area contributed by atoms with Gasteiger partial charge >= 0.3 is 0 Å². The molecule has 0 unspecified atom stereocenters. The smallest absolute Gasteiger partial charge is 0.262 e. The molecular formula is C13H17N3O3S2. The lowest BCUT2D eigenvalue weighted by Gasteiger charge is -2.31. The van der Waals surface area contributed by atoms with Gasteiger partial charge in [-0.1, -0.05) is 0 Å². The highest BCUT2D eigenvalue weighted by molar-refractivity contribution is 7.88. The molecule has 0 aromatic carbocycles. The second kappa shape index (κ2) is 5.51. The highest BCUT2D eigenvalue weighted by Gasteiger charge is 2.26. The number of nitrogens with zero attached hydrogens (tertiary/aromatic N) is 3. The van der Waals surface area contributed by atoms with Crippen molar-refractivity contribution in [3.05, 3.63) is 28.1 Å². The van der Waals surface area contributed by atoms with Crippen molar-refractivity contribution in [3.8, 4) is 0 Å². The molecule has 0 amide bonds. The van der Waals surface area contributed by atoms with Crippen molar-refractivity contribution in [1.29, 1.82) is 0 Å². The van der Waals surface area contributed by atoms with Gasteiger partial charge in [0.1, 0.15) is 4.83 Å². The minimum absolute atomic E-state index is 0.0438. The minimum Gasteiger partial charge on any atom is -0.298 e. The molecule has 0 bridgehead atoms. The standard InChI is InChI=1S/C13H17N3O3S2/c1-21(18,19)16-5-2-3-10(8-16)7-15-9-14-12-11(13(15)17)4-6-20-12/h4,6,9-10H,2-3,5,7-8H2,1H3/t10-/m1/s1. The van der Waals surface area contributed by atoms with Gasteiger partial charge in [-0.15, -0.1) is 11.3 Å². The molecule has 6 nitrogen and oxygen atoms in total. The van der Waals surface area contributed by atoms with Crippen LogP contribution in [0, 0.1) is 5.92 Å². The first kappa shape index (κ1) is 14.7. The van der Waals surface area contributed by atoms with E-state index in [1.165, 1.54) is 21.9 Å². The molecule has 0 saturated carbocycles. The highest BCUT2D eigenvalue weighted by Crippen LogP contribution is 2.20. The number of thiophene rings is 1. The van der Waals surface area contributed by atoms with Crippen molar-refractivity contribution in [2.45, 2.75) is 19.4 Å². The average molecular weight is 327 g/mol. The van der Waals surface area contributed by atoms with E-state index in [4.69, 9.17) is 0 Å². The molecule has 1 aliphatic rings. The molecule has 0 N–H and O–H groups in total. The Hall–Kier alpha value is -1.25. The largest absolute Gasteiger partial charge is 0.298 e. The fourth-order valence-electron chi connectivity index (χ4n) is 2.78. The van der Waals surface area contributed by atoms with E-state index in [0.717, 1.165) is 17.7 Å². The minimum atomic E-state index is -3.15. The third kappa shape index (κ3) is 3.02. The van der Waals surface area contributed by atoms with Crippen LogP contribution < -0.4 is 5.56 Å². The molecule has 1 saturated heterocycles. The summed E-state index contributed by atoms with van der Waals surface area (Å²) in [6, 6.07) is 1.79. The highest BCUT2D eigenvalue weighted by atomic mass is 32.2. The number of piperidine rings is 1. The SMILES string of the molecule is CS(=O)(=O)N1CCC[C@H](Cn2cnc3sccc3c2=O)C1. The van der Waals surface area contributed by atoms with E-state index in [0.29, 0.717) is 25.0 Å². The van der Waals surface area contributed by atoms with E-state index in [9.17, 15) is 13.2 Å². The molecular weight excluding hydrogens is 310 g/mol. The molecule has 0 aliphatic carbocycles. The van der Waals surface area contributed by atoms with Crippen LogP contribution in [0.2, 0.25) is 0 Å². The Balaban J connectivity index is 1.82. The molecule has 1 atom stereocenters. The maximum Gasteiger partial charge on any atom is 0.262 e. The average Bonchev–Trinajstić information content (AvgIpc) is 2.91. The number of hydrogen-bond acceptors (Lipinski definition) is 5. The van der Waals surface area contributed by atoms with Crippen molar-refractivity contribution < 1.29 is 8.42 Å². The van der Waals surface area contributed by atoms with Gasteiger partial charge in [0.2, 0.25) is 10.0 Å². The molecule has 0 spiro atoms. The van der Waals surface area contributed by atoms with E-state index in [1.54, 1.807) is 17.0 Å². The summed E-state index contributed by atoms with van der Waals surface area (Å²) >= 11 is 1.45. The van der Waals surface area contributed by atoms with Crippen LogP contribution in [0.15, 0.2) is 22.6 Å². The normalized spacial score (nSPS) is 20.9. The van der Waals surface area contributed by atoms with Crippen LogP contribution in [-0.4, -0.2) is 41.6 Å². The second-order valence-electron chi connectivity index (χ2n) is 5.47. The molecule has 3 heterocycles. The Bertz CT molecular complexity index is 809. The maximum absolute atomic E-state index is 12.3. The summed E-state index contributed by atoms with van der Waals surface area (Å²) < 4.78 is 26.4. The van der Waals surface area contributed by atoms with Crippen molar-refractivity contribution in [2.75, 3.05) is 19.3 Å². The fourth-order valence-corrected chi connectivity index (χ4v) is 4.44. The van der Waals surface area contributed by atoms with Gasteiger partial charge in [-0.25, -0.2) is 17.7 Å². The van der Waals surface area contributed by atoms with Gasteiger partial charge in [-0.3, -0.25) is 9.36 Å². The second-order valence-corrected chi connectivity index (χ2v) is 8.35. The quantitative estimate of drug-likeness (QED) is 0.847. The zero-order valence-corrected chi connectivity index (χ0v) is 13.4. The molecule has 21 heavy (non-hydrogen) atoms. The fraction of sp³-hybridized carbons (Fsp3) is 0.538. The lowest BCUT2D eigenvalue weighted by Crippen LogP contribution is -2.41. The zero-order chi connectivity index (χ0) is 15.0. The van der Waals surface area contributed by atoms with E-state index in [1.807, 2.05) is 5.38 Å². The number of aromatic nitrogens is 2. The number of rotatable bonds is 3. The van der Waals surface area contributed by atoms with Crippen LogP contribution in [0.5, 0.6) is 0 Å². The van der Waals surface area contributed by atoms with Crippen LogP contribution in [0.25, 0.3) is 10.2 Å². The summed E-state index contributed by atoms with van der Waals surface area (Å²) in [7, 11) is -3.15. The van der Waals surface area contributed by atoms with Gasteiger partial charge in [-0.2, -0.15) is 0 Å². The van der Waals surface area contributed by atoms with Gasteiger partial charge in [0.25, 0.3) is 5.56 Å². The third-order valence-corrected chi connectivity index (χ3v) is 5.95. The summed E-state index contributed by atoms with van der Waals surface area (Å²) in [6.45, 7) is 1.57. The molecule has 2 aromatic heterocycles. The first-order chi connectivity index (χ1) is 9.95. The van der Waals surface area contributed by atoms with Crippen LogP contribution in [0.3, 0.4) is 0 Å². The van der Waals surface area contributed by atoms with Crippen LogP contribution >= 0.6 is 11.3 Å². The van der Waals surface area contributed by atoms with Crippen LogP contribution in [0.1, 0.15) is 12.8 Å². The summed E-state index contributed by atoms with van der Waals surface area (Å²) in [6.07, 6.45) is 4.57. The first-order valence-electron chi connectivity index (χ1n) is 6.83. The van der Waals surface area contributed by atoms with Gasteiger partial charge in [-0.05, 0) is 30.2 Å². The summed E-state index contributed by atoms with van der Waals surface area (Å²) in [5.41, 5.74) is -0.0438. The van der Waals surface area contributed by atoms with Crippen molar-refractivity contribution in [3.63, 3.8) is 0 Å². The molecule has 3 rings (SSSR count). The monoisotopic (exact) mass is 327 g/mol. The topological polar surface area (TPSA) is 72.3 Å². The van der Waals surface area contributed by atoms with Crippen molar-refractivity contribution in [1.82, 2.24) is 13.9 Å². The predicted octanol–water partition coefficient (Wildman–Crippen LogP) is 1.13.